The van der Waals surface area contributed by atoms with Crippen molar-refractivity contribution in [3.63, 3.8) is 0 Å². The standard InChI is InChI=1S/C16H14BrNO3S/c17-12-5-3-4-11(8-12)9-22-10-15(19)18-14-7-2-1-6-13(14)16(20)21/h1-8H,9-10H2,(H,18,19)(H,20,21). The third-order valence-electron chi connectivity index (χ3n) is 2.82. The van der Waals surface area contributed by atoms with Gasteiger partial charge in [0.25, 0.3) is 0 Å². The van der Waals surface area contributed by atoms with E-state index in [4.69, 9.17) is 5.11 Å². The number of carbonyl (C=O) groups is 2. The summed E-state index contributed by atoms with van der Waals surface area (Å²) in [5.74, 6) is -0.292. The third kappa shape index (κ3) is 4.89. The van der Waals surface area contributed by atoms with Crippen LogP contribution in [0, 0.1) is 0 Å². The lowest BCUT2D eigenvalue weighted by Gasteiger charge is -2.08. The van der Waals surface area contributed by atoms with Gasteiger partial charge in [-0.1, -0.05) is 40.2 Å². The smallest absolute Gasteiger partial charge is 0.337 e. The minimum absolute atomic E-state index is 0.0906. The van der Waals surface area contributed by atoms with E-state index in [-0.39, 0.29) is 17.2 Å². The highest BCUT2D eigenvalue weighted by molar-refractivity contribution is 9.10. The molecule has 0 aromatic heterocycles. The second kappa shape index (κ2) is 8.00. The van der Waals surface area contributed by atoms with Gasteiger partial charge in [0.05, 0.1) is 17.0 Å². The molecular formula is C16H14BrNO3S. The normalized spacial score (nSPS) is 10.2. The predicted octanol–water partition coefficient (Wildman–Crippen LogP) is 4.02. The number of anilines is 1. The second-order valence-electron chi connectivity index (χ2n) is 4.52. The zero-order chi connectivity index (χ0) is 15.9. The highest BCUT2D eigenvalue weighted by Crippen LogP contribution is 2.18. The molecule has 0 aliphatic carbocycles. The molecule has 6 heteroatoms. The molecule has 22 heavy (non-hydrogen) atoms. The molecule has 0 atom stereocenters. The summed E-state index contributed by atoms with van der Waals surface area (Å²) in [5, 5.41) is 11.7. The van der Waals surface area contributed by atoms with Gasteiger partial charge in [0, 0.05) is 10.2 Å². The van der Waals surface area contributed by atoms with Crippen molar-refractivity contribution in [2.45, 2.75) is 5.75 Å². The van der Waals surface area contributed by atoms with Gasteiger partial charge in [0.2, 0.25) is 5.91 Å². The van der Waals surface area contributed by atoms with Gasteiger partial charge < -0.3 is 10.4 Å². The Balaban J connectivity index is 1.87. The molecule has 0 radical (unpaired) electrons. The summed E-state index contributed by atoms with van der Waals surface area (Å²) in [6.45, 7) is 0. The lowest BCUT2D eigenvalue weighted by molar-refractivity contribution is -0.113. The maximum atomic E-state index is 11.9. The van der Waals surface area contributed by atoms with Gasteiger partial charge in [-0.25, -0.2) is 4.79 Å². The summed E-state index contributed by atoms with van der Waals surface area (Å²) in [6.07, 6.45) is 0. The summed E-state index contributed by atoms with van der Waals surface area (Å²) in [7, 11) is 0. The molecular weight excluding hydrogens is 366 g/mol. The van der Waals surface area contributed by atoms with Crippen LogP contribution in [0.1, 0.15) is 15.9 Å². The molecule has 114 valence electrons. The molecule has 0 aliphatic rings. The van der Waals surface area contributed by atoms with Gasteiger partial charge in [-0.05, 0) is 29.8 Å². The number of benzene rings is 2. The monoisotopic (exact) mass is 379 g/mol. The van der Waals surface area contributed by atoms with Crippen LogP contribution in [0.3, 0.4) is 0 Å². The first-order chi connectivity index (χ1) is 10.6. The topological polar surface area (TPSA) is 66.4 Å². The van der Waals surface area contributed by atoms with E-state index >= 15 is 0 Å². The number of carboxylic acids is 1. The van der Waals surface area contributed by atoms with Crippen molar-refractivity contribution in [3.05, 3.63) is 64.1 Å². The first kappa shape index (κ1) is 16.6. The van der Waals surface area contributed by atoms with Crippen LogP contribution >= 0.6 is 27.7 Å². The van der Waals surface area contributed by atoms with E-state index in [1.807, 2.05) is 24.3 Å². The number of rotatable bonds is 6. The van der Waals surface area contributed by atoms with Crippen LogP contribution in [0.25, 0.3) is 0 Å². The van der Waals surface area contributed by atoms with Gasteiger partial charge in [0.1, 0.15) is 0 Å². The predicted molar refractivity (Wildman–Crippen MR) is 92.3 cm³/mol. The molecule has 1 amide bonds. The van der Waals surface area contributed by atoms with Crippen molar-refractivity contribution >= 4 is 45.3 Å². The number of aromatic carboxylic acids is 1. The molecule has 2 N–H and O–H groups in total. The Morgan fingerprint density at radius 3 is 2.64 bits per heavy atom. The van der Waals surface area contributed by atoms with E-state index in [0.29, 0.717) is 11.4 Å². The van der Waals surface area contributed by atoms with E-state index in [0.717, 1.165) is 10.0 Å². The molecule has 0 saturated heterocycles. The average Bonchev–Trinajstić information content (AvgIpc) is 2.47. The largest absolute Gasteiger partial charge is 0.478 e. The molecule has 0 unspecified atom stereocenters. The van der Waals surface area contributed by atoms with E-state index in [2.05, 4.69) is 21.2 Å². The fraction of sp³-hybridized carbons (Fsp3) is 0.125. The quantitative estimate of drug-likeness (QED) is 0.795. The molecule has 2 aromatic rings. The zero-order valence-corrected chi connectivity index (χ0v) is 14.0. The number of carbonyl (C=O) groups excluding carboxylic acids is 1. The van der Waals surface area contributed by atoms with Crippen LogP contribution in [0.5, 0.6) is 0 Å². The molecule has 0 heterocycles. The zero-order valence-electron chi connectivity index (χ0n) is 11.6. The van der Waals surface area contributed by atoms with Crippen LogP contribution in [-0.2, 0) is 10.5 Å². The number of halogens is 1. The van der Waals surface area contributed by atoms with Gasteiger partial charge in [-0.15, -0.1) is 11.8 Å². The molecule has 2 aromatic carbocycles. The Morgan fingerprint density at radius 2 is 1.91 bits per heavy atom. The molecule has 2 rings (SSSR count). The molecule has 0 saturated carbocycles. The first-order valence-electron chi connectivity index (χ1n) is 6.50. The number of thioether (sulfide) groups is 1. The van der Waals surface area contributed by atoms with Crippen molar-refractivity contribution < 1.29 is 14.7 Å². The number of amides is 1. The van der Waals surface area contributed by atoms with E-state index < -0.39 is 5.97 Å². The Labute approximate surface area is 141 Å². The molecule has 0 aliphatic heterocycles. The Bertz CT molecular complexity index is 691. The molecule has 0 fully saturated rings. The van der Waals surface area contributed by atoms with Crippen LogP contribution in [0.2, 0.25) is 0 Å². The van der Waals surface area contributed by atoms with Crippen molar-refractivity contribution in [2.24, 2.45) is 0 Å². The second-order valence-corrected chi connectivity index (χ2v) is 6.42. The van der Waals surface area contributed by atoms with Crippen LogP contribution in [0.15, 0.2) is 53.0 Å². The van der Waals surface area contributed by atoms with Crippen LogP contribution in [0.4, 0.5) is 5.69 Å². The van der Waals surface area contributed by atoms with E-state index in [9.17, 15) is 9.59 Å². The Morgan fingerprint density at radius 1 is 1.14 bits per heavy atom. The van der Waals surface area contributed by atoms with Crippen molar-refractivity contribution in [3.8, 4) is 0 Å². The van der Waals surface area contributed by atoms with Crippen molar-refractivity contribution in [1.29, 1.82) is 0 Å². The van der Waals surface area contributed by atoms with Gasteiger partial charge >= 0.3 is 5.97 Å². The van der Waals surface area contributed by atoms with Gasteiger partial charge in [0.15, 0.2) is 0 Å². The number of para-hydroxylation sites is 1. The fourth-order valence-corrected chi connectivity index (χ4v) is 3.07. The summed E-state index contributed by atoms with van der Waals surface area (Å²) < 4.78 is 1.01. The number of hydrogen-bond acceptors (Lipinski definition) is 3. The maximum Gasteiger partial charge on any atom is 0.337 e. The summed E-state index contributed by atoms with van der Waals surface area (Å²) in [5.41, 5.74) is 1.54. The summed E-state index contributed by atoms with van der Waals surface area (Å²) in [4.78, 5) is 23.0. The van der Waals surface area contributed by atoms with Crippen LogP contribution in [-0.4, -0.2) is 22.7 Å². The number of hydrogen-bond donors (Lipinski definition) is 2. The molecule has 4 nitrogen and oxygen atoms in total. The Hall–Kier alpha value is -1.79. The summed E-state index contributed by atoms with van der Waals surface area (Å²) in [6, 6.07) is 14.3. The maximum absolute atomic E-state index is 11.9. The molecule has 0 spiro atoms. The van der Waals surface area contributed by atoms with Crippen molar-refractivity contribution in [1.82, 2.24) is 0 Å². The first-order valence-corrected chi connectivity index (χ1v) is 8.45. The minimum Gasteiger partial charge on any atom is -0.478 e. The lowest BCUT2D eigenvalue weighted by Crippen LogP contribution is -2.16. The summed E-state index contributed by atoms with van der Waals surface area (Å²) >= 11 is 4.88. The van der Waals surface area contributed by atoms with Gasteiger partial charge in [-0.3, -0.25) is 4.79 Å². The minimum atomic E-state index is -1.06. The number of carboxylic acid groups (broad SMARTS) is 1. The van der Waals surface area contributed by atoms with E-state index in [1.165, 1.54) is 17.8 Å². The van der Waals surface area contributed by atoms with Crippen LogP contribution < -0.4 is 5.32 Å². The highest BCUT2D eigenvalue weighted by Gasteiger charge is 2.11. The van der Waals surface area contributed by atoms with Gasteiger partial charge in [-0.2, -0.15) is 0 Å². The van der Waals surface area contributed by atoms with Crippen molar-refractivity contribution in [2.75, 3.05) is 11.1 Å². The van der Waals surface area contributed by atoms with E-state index in [1.54, 1.807) is 18.2 Å². The molecule has 0 bridgehead atoms. The fourth-order valence-electron chi connectivity index (χ4n) is 1.85. The average molecular weight is 380 g/mol. The number of nitrogens with one attached hydrogen (secondary N) is 1. The SMILES string of the molecule is O=C(CSCc1cccc(Br)c1)Nc1ccccc1C(=O)O. The lowest BCUT2D eigenvalue weighted by atomic mass is 10.2. The Kier molecular flexibility index (Phi) is 6.03. The highest BCUT2D eigenvalue weighted by atomic mass is 79.9. The third-order valence-corrected chi connectivity index (χ3v) is 4.32.